The van der Waals surface area contributed by atoms with Crippen LogP contribution in [0.25, 0.3) is 28.3 Å². The Morgan fingerprint density at radius 3 is 2.64 bits per heavy atom. The first-order valence-corrected chi connectivity index (χ1v) is 13.4. The van der Waals surface area contributed by atoms with Crippen LogP contribution in [0.5, 0.6) is 0 Å². The number of imidazole rings is 1. The van der Waals surface area contributed by atoms with E-state index in [4.69, 9.17) is 10.1 Å². The van der Waals surface area contributed by atoms with Gasteiger partial charge in [-0.2, -0.15) is 0 Å². The summed E-state index contributed by atoms with van der Waals surface area (Å²) in [5, 5.41) is 14.9. The number of benzene rings is 1. The summed E-state index contributed by atoms with van der Waals surface area (Å²) in [5.74, 6) is 1.46. The smallest absolute Gasteiger partial charge is 0.154 e. The fraction of sp³-hybridized carbons (Fsp3) is 0.267. The van der Waals surface area contributed by atoms with Gasteiger partial charge in [0.05, 0.1) is 29.7 Å². The number of hydrogen-bond donors (Lipinski definition) is 1. The van der Waals surface area contributed by atoms with E-state index in [-0.39, 0.29) is 18.0 Å². The molecule has 0 saturated carbocycles. The summed E-state index contributed by atoms with van der Waals surface area (Å²) in [6.45, 7) is 2.24. The fourth-order valence-electron chi connectivity index (χ4n) is 5.73. The molecule has 0 spiro atoms. The predicted octanol–water partition coefficient (Wildman–Crippen LogP) is 4.90. The molecule has 2 atom stereocenters. The number of rotatable bonds is 5. The Bertz CT molecular complexity index is 1650. The van der Waals surface area contributed by atoms with Crippen molar-refractivity contribution >= 4 is 17.3 Å². The lowest BCUT2D eigenvalue weighted by molar-refractivity contribution is 0.198. The van der Waals surface area contributed by atoms with E-state index in [9.17, 15) is 9.50 Å². The van der Waals surface area contributed by atoms with Gasteiger partial charge in [-0.15, -0.1) is 5.10 Å². The van der Waals surface area contributed by atoms with Crippen molar-refractivity contribution in [2.45, 2.75) is 31.4 Å². The molecule has 2 aliphatic heterocycles. The van der Waals surface area contributed by atoms with Crippen LogP contribution >= 0.6 is 0 Å². The van der Waals surface area contributed by atoms with Crippen LogP contribution in [0, 0.1) is 5.82 Å². The number of pyridine rings is 2. The highest BCUT2D eigenvalue weighted by atomic mass is 19.1. The van der Waals surface area contributed by atoms with Gasteiger partial charge < -0.3 is 14.9 Å². The number of halogens is 1. The molecular weight excluding hydrogens is 493 g/mol. The highest BCUT2D eigenvalue weighted by Gasteiger charge is 2.28. The highest BCUT2D eigenvalue weighted by molar-refractivity contribution is 5.68. The summed E-state index contributed by atoms with van der Waals surface area (Å²) in [7, 11) is 0. The SMILES string of the molecule is O[C@@H]1CCN(c2cc(-c3cccc(-c4cnc5ccc(N6CCC[C@@H]6c6cccc(F)c6)nn45)n3)ccn2)C1. The fourth-order valence-corrected chi connectivity index (χ4v) is 5.73. The molecule has 2 fully saturated rings. The molecule has 0 unspecified atom stereocenters. The number of fused-ring (bicyclic) bond motifs is 1. The van der Waals surface area contributed by atoms with Crippen molar-refractivity contribution in [3.05, 3.63) is 90.5 Å². The monoisotopic (exact) mass is 521 g/mol. The van der Waals surface area contributed by atoms with Gasteiger partial charge >= 0.3 is 0 Å². The van der Waals surface area contributed by atoms with Crippen molar-refractivity contribution in [2.24, 2.45) is 0 Å². The second-order valence-electron chi connectivity index (χ2n) is 10.2. The van der Waals surface area contributed by atoms with Gasteiger partial charge in [0.2, 0.25) is 0 Å². The molecule has 0 aliphatic carbocycles. The molecule has 2 saturated heterocycles. The first-order chi connectivity index (χ1) is 19.1. The Kier molecular flexibility index (Phi) is 5.93. The first kappa shape index (κ1) is 23.7. The van der Waals surface area contributed by atoms with E-state index < -0.39 is 0 Å². The topological polar surface area (TPSA) is 82.7 Å². The van der Waals surface area contributed by atoms with Gasteiger partial charge in [0.1, 0.15) is 23.1 Å². The number of aliphatic hydroxyl groups is 1. The Morgan fingerprint density at radius 1 is 0.872 bits per heavy atom. The molecule has 196 valence electrons. The Balaban J connectivity index is 1.22. The molecule has 5 aromatic rings. The first-order valence-electron chi connectivity index (χ1n) is 13.4. The molecular formula is C30H28FN7O. The minimum atomic E-state index is -0.311. The molecule has 0 radical (unpaired) electrons. The van der Waals surface area contributed by atoms with Gasteiger partial charge in [0, 0.05) is 31.4 Å². The third kappa shape index (κ3) is 4.48. The van der Waals surface area contributed by atoms with Crippen LogP contribution in [0.15, 0.2) is 79.1 Å². The van der Waals surface area contributed by atoms with E-state index in [1.807, 2.05) is 53.0 Å². The molecule has 6 heterocycles. The van der Waals surface area contributed by atoms with Gasteiger partial charge in [0.25, 0.3) is 0 Å². The number of aliphatic hydroxyl groups excluding tert-OH is 1. The summed E-state index contributed by atoms with van der Waals surface area (Å²) < 4.78 is 15.8. The van der Waals surface area contributed by atoms with Gasteiger partial charge in [0.15, 0.2) is 5.65 Å². The minimum absolute atomic E-state index is 0.0803. The van der Waals surface area contributed by atoms with Gasteiger partial charge in [-0.3, -0.25) is 0 Å². The van der Waals surface area contributed by atoms with Gasteiger partial charge in [-0.05, 0) is 73.4 Å². The van der Waals surface area contributed by atoms with Crippen molar-refractivity contribution in [1.29, 1.82) is 0 Å². The van der Waals surface area contributed by atoms with E-state index in [0.29, 0.717) is 6.54 Å². The van der Waals surface area contributed by atoms with Crippen LogP contribution in [0.2, 0.25) is 0 Å². The largest absolute Gasteiger partial charge is 0.391 e. The Labute approximate surface area is 225 Å². The minimum Gasteiger partial charge on any atom is -0.391 e. The predicted molar refractivity (Wildman–Crippen MR) is 148 cm³/mol. The number of hydrogen-bond acceptors (Lipinski definition) is 7. The van der Waals surface area contributed by atoms with Crippen LogP contribution in [0.1, 0.15) is 30.9 Å². The Morgan fingerprint density at radius 2 is 1.77 bits per heavy atom. The average molecular weight is 522 g/mol. The van der Waals surface area contributed by atoms with Crippen molar-refractivity contribution in [3.8, 4) is 22.6 Å². The Hall–Kier alpha value is -4.37. The maximum absolute atomic E-state index is 14.0. The van der Waals surface area contributed by atoms with Crippen LogP contribution in [-0.4, -0.2) is 55.4 Å². The summed E-state index contributed by atoms with van der Waals surface area (Å²) in [6.07, 6.45) is 6.00. The van der Waals surface area contributed by atoms with Crippen LogP contribution in [-0.2, 0) is 0 Å². The number of aromatic nitrogens is 5. The van der Waals surface area contributed by atoms with E-state index in [1.54, 1.807) is 24.5 Å². The zero-order valence-corrected chi connectivity index (χ0v) is 21.4. The summed E-state index contributed by atoms with van der Waals surface area (Å²) >= 11 is 0. The van der Waals surface area contributed by atoms with Gasteiger partial charge in [-0.1, -0.05) is 18.2 Å². The zero-order valence-electron chi connectivity index (χ0n) is 21.4. The van der Waals surface area contributed by atoms with E-state index in [0.717, 1.165) is 77.8 Å². The molecule has 1 N–H and O–H groups in total. The quantitative estimate of drug-likeness (QED) is 0.352. The van der Waals surface area contributed by atoms with Crippen molar-refractivity contribution in [3.63, 3.8) is 0 Å². The summed E-state index contributed by atoms with van der Waals surface area (Å²) in [5.41, 5.74) is 5.05. The normalized spacial score (nSPS) is 19.3. The molecule has 39 heavy (non-hydrogen) atoms. The zero-order chi connectivity index (χ0) is 26.3. The molecule has 7 rings (SSSR count). The maximum atomic E-state index is 14.0. The van der Waals surface area contributed by atoms with Gasteiger partial charge in [-0.25, -0.2) is 23.9 Å². The maximum Gasteiger partial charge on any atom is 0.154 e. The second-order valence-corrected chi connectivity index (χ2v) is 10.2. The van der Waals surface area contributed by atoms with E-state index in [2.05, 4.69) is 19.8 Å². The van der Waals surface area contributed by atoms with E-state index in [1.165, 1.54) is 6.07 Å². The lowest BCUT2D eigenvalue weighted by Gasteiger charge is -2.26. The summed E-state index contributed by atoms with van der Waals surface area (Å²) in [4.78, 5) is 18.4. The molecule has 0 bridgehead atoms. The number of β-amino-alcohol motifs (C(OH)–C–C–N with tert-alkyl or cyclic N) is 1. The van der Waals surface area contributed by atoms with Crippen LogP contribution in [0.4, 0.5) is 16.0 Å². The third-order valence-electron chi connectivity index (χ3n) is 7.67. The number of anilines is 2. The number of nitrogens with zero attached hydrogens (tertiary/aromatic N) is 7. The average Bonchev–Trinajstić information content (AvgIpc) is 3.72. The molecule has 2 aliphatic rings. The van der Waals surface area contributed by atoms with E-state index >= 15 is 0 Å². The molecule has 4 aromatic heterocycles. The highest BCUT2D eigenvalue weighted by Crippen LogP contribution is 2.36. The third-order valence-corrected chi connectivity index (χ3v) is 7.67. The molecule has 1 aromatic carbocycles. The van der Waals surface area contributed by atoms with Crippen molar-refractivity contribution in [1.82, 2.24) is 24.6 Å². The molecule has 8 nitrogen and oxygen atoms in total. The summed E-state index contributed by atoms with van der Waals surface area (Å²) in [6, 6.07) is 20.8. The molecule has 9 heteroatoms. The van der Waals surface area contributed by atoms with Crippen LogP contribution < -0.4 is 9.80 Å². The lowest BCUT2D eigenvalue weighted by atomic mass is 10.0. The van der Waals surface area contributed by atoms with Crippen molar-refractivity contribution < 1.29 is 9.50 Å². The molecule has 0 amide bonds. The standard InChI is InChI=1S/C30H28FN7O/c31-22-5-1-4-21(16-22)26-8-3-14-37(26)29-10-9-28-33-18-27(38(28)35-29)25-7-2-6-24(34-25)20-11-13-32-30(17-20)36-15-12-23(39)19-36/h1-2,4-7,9-11,13,16-18,23,26,39H,3,8,12,14-15,19H2/t23-,26-/m1/s1. The second kappa shape index (κ2) is 9.74. The van der Waals surface area contributed by atoms with Crippen molar-refractivity contribution in [2.75, 3.05) is 29.4 Å². The van der Waals surface area contributed by atoms with Crippen LogP contribution in [0.3, 0.4) is 0 Å². The lowest BCUT2D eigenvalue weighted by Crippen LogP contribution is -2.24.